The van der Waals surface area contributed by atoms with Gasteiger partial charge in [-0.1, -0.05) is 67.6 Å². The molecular weight excluding hydrogens is 444 g/mol. The van der Waals surface area contributed by atoms with Gasteiger partial charge in [-0.15, -0.1) is 11.3 Å². The molecule has 0 amide bonds. The van der Waals surface area contributed by atoms with Gasteiger partial charge in [-0.25, -0.2) is 0 Å². The summed E-state index contributed by atoms with van der Waals surface area (Å²) >= 11 is 1.96. The van der Waals surface area contributed by atoms with Crippen LogP contribution < -0.4 is 0 Å². The first-order valence-electron chi connectivity index (χ1n) is 12.3. The van der Waals surface area contributed by atoms with E-state index in [0.29, 0.717) is 5.92 Å². The van der Waals surface area contributed by atoms with Crippen LogP contribution in [-0.2, 0) is 13.5 Å². The summed E-state index contributed by atoms with van der Waals surface area (Å²) in [5.74, 6) is 0.522. The summed E-state index contributed by atoms with van der Waals surface area (Å²) < 4.78 is 6.27. The van der Waals surface area contributed by atoms with Gasteiger partial charge in [0.25, 0.3) is 0 Å². The molecule has 0 N–H and O–H groups in total. The molecule has 1 unspecified atom stereocenters. The monoisotopic (exact) mass is 468 g/mol. The first-order valence-corrected chi connectivity index (χ1v) is 13.1. The molecule has 0 fully saturated rings. The van der Waals surface area contributed by atoms with Crippen molar-refractivity contribution < 1.29 is 0 Å². The second-order valence-electron chi connectivity index (χ2n) is 9.90. The Balaban J connectivity index is 1.43. The fraction of sp³-hybridized carbons (Fsp3) is 0.125. The lowest BCUT2D eigenvalue weighted by Crippen LogP contribution is -2.09. The minimum atomic E-state index is 0.522. The van der Waals surface area contributed by atoms with E-state index in [1.165, 1.54) is 70.2 Å². The van der Waals surface area contributed by atoms with Crippen LogP contribution in [0.1, 0.15) is 24.1 Å². The van der Waals surface area contributed by atoms with E-state index in [-0.39, 0.29) is 0 Å². The van der Waals surface area contributed by atoms with Crippen LogP contribution in [0.4, 0.5) is 0 Å². The Morgan fingerprint density at radius 2 is 1.37 bits per heavy atom. The van der Waals surface area contributed by atoms with E-state index in [9.17, 15) is 0 Å². The van der Waals surface area contributed by atoms with Gasteiger partial charge in [-0.3, -0.25) is 0 Å². The largest absolute Gasteiger partial charge is 0.347 e. The molecule has 8 rings (SSSR count). The summed E-state index contributed by atoms with van der Waals surface area (Å²) in [6.07, 6.45) is 1.08. The molecule has 3 heteroatoms. The molecule has 0 bridgehead atoms. The molecule has 1 atom stereocenters. The van der Waals surface area contributed by atoms with Gasteiger partial charge in [0.05, 0.1) is 16.6 Å². The highest BCUT2D eigenvalue weighted by molar-refractivity contribution is 7.22. The number of benzene rings is 4. The number of nitrogens with zero attached hydrogens (tertiary/aromatic N) is 2. The van der Waals surface area contributed by atoms with Crippen molar-refractivity contribution in [2.45, 2.75) is 19.3 Å². The Bertz CT molecular complexity index is 1910. The van der Waals surface area contributed by atoms with E-state index in [0.717, 1.165) is 6.42 Å². The molecule has 0 spiro atoms. The third-order valence-electron chi connectivity index (χ3n) is 8.00. The third kappa shape index (κ3) is 2.49. The number of thiophene rings is 1. The summed E-state index contributed by atoms with van der Waals surface area (Å²) in [5.41, 5.74) is 9.50. The van der Waals surface area contributed by atoms with Crippen LogP contribution in [0.15, 0.2) is 91.0 Å². The third-order valence-corrected chi connectivity index (χ3v) is 9.20. The van der Waals surface area contributed by atoms with E-state index in [2.05, 4.69) is 114 Å². The standard InChI is InChI=1S/C32H24N2S/c1-19-17-28-31(32-30(19)24-11-5-8-14-29(24)35-32)23-16-15-20(18-27(23)33(28)2)34-25-12-6-3-9-21(25)22-10-4-7-13-26(22)34/h3-16,18-19H,17H2,1-2H3. The molecule has 2 nitrogen and oxygen atoms in total. The van der Waals surface area contributed by atoms with E-state index in [4.69, 9.17) is 0 Å². The molecule has 1 aliphatic rings. The van der Waals surface area contributed by atoms with Crippen LogP contribution >= 0.6 is 11.3 Å². The molecule has 0 aliphatic heterocycles. The van der Waals surface area contributed by atoms with E-state index >= 15 is 0 Å². The van der Waals surface area contributed by atoms with Gasteiger partial charge in [-0.2, -0.15) is 0 Å². The quantitative estimate of drug-likeness (QED) is 0.228. The molecule has 7 aromatic rings. The van der Waals surface area contributed by atoms with Gasteiger partial charge in [0.2, 0.25) is 0 Å². The first-order chi connectivity index (χ1) is 17.2. The molecule has 0 saturated heterocycles. The van der Waals surface area contributed by atoms with Crippen molar-refractivity contribution >= 4 is 54.1 Å². The van der Waals surface area contributed by atoms with Crippen LogP contribution in [0.25, 0.3) is 58.9 Å². The van der Waals surface area contributed by atoms with Crippen LogP contribution in [0.2, 0.25) is 0 Å². The summed E-state index contributed by atoms with van der Waals surface area (Å²) in [4.78, 5) is 1.47. The Labute approximate surface area is 207 Å². The lowest BCUT2D eigenvalue weighted by Gasteiger charge is -2.21. The lowest BCUT2D eigenvalue weighted by atomic mass is 9.85. The average molecular weight is 469 g/mol. The number of fused-ring (bicyclic) bond motifs is 10. The van der Waals surface area contributed by atoms with Gasteiger partial charge < -0.3 is 9.13 Å². The number of hydrogen-bond donors (Lipinski definition) is 0. The minimum Gasteiger partial charge on any atom is -0.347 e. The van der Waals surface area contributed by atoms with Crippen molar-refractivity contribution in [3.63, 3.8) is 0 Å². The molecule has 3 heterocycles. The molecule has 1 aliphatic carbocycles. The van der Waals surface area contributed by atoms with Crippen LogP contribution in [0, 0.1) is 0 Å². The Morgan fingerprint density at radius 3 is 2.11 bits per heavy atom. The minimum absolute atomic E-state index is 0.522. The van der Waals surface area contributed by atoms with Crippen LogP contribution in [-0.4, -0.2) is 9.13 Å². The van der Waals surface area contributed by atoms with Crippen molar-refractivity contribution in [2.24, 2.45) is 7.05 Å². The zero-order chi connectivity index (χ0) is 23.3. The molecule has 0 saturated carbocycles. The molecule has 168 valence electrons. The van der Waals surface area contributed by atoms with Gasteiger partial charge in [0.15, 0.2) is 0 Å². The zero-order valence-electron chi connectivity index (χ0n) is 19.7. The van der Waals surface area contributed by atoms with Crippen LogP contribution in [0.5, 0.6) is 0 Å². The van der Waals surface area contributed by atoms with Crippen molar-refractivity contribution in [1.29, 1.82) is 0 Å². The van der Waals surface area contributed by atoms with Gasteiger partial charge in [0, 0.05) is 49.7 Å². The second-order valence-corrected chi connectivity index (χ2v) is 11.0. The summed E-state index contributed by atoms with van der Waals surface area (Å²) in [5, 5.41) is 5.41. The number of para-hydroxylation sites is 2. The molecular formula is C32H24N2S. The lowest BCUT2D eigenvalue weighted by molar-refractivity contribution is 0.709. The average Bonchev–Trinajstić information content (AvgIpc) is 3.53. The van der Waals surface area contributed by atoms with E-state index < -0.39 is 0 Å². The summed E-state index contributed by atoms with van der Waals surface area (Å²) in [7, 11) is 2.25. The van der Waals surface area contributed by atoms with Gasteiger partial charge >= 0.3 is 0 Å². The van der Waals surface area contributed by atoms with Gasteiger partial charge in [0.1, 0.15) is 0 Å². The van der Waals surface area contributed by atoms with Gasteiger partial charge in [-0.05, 0) is 53.6 Å². The summed E-state index contributed by atoms with van der Waals surface area (Å²) in [6.45, 7) is 2.39. The zero-order valence-corrected chi connectivity index (χ0v) is 20.6. The maximum atomic E-state index is 2.45. The Morgan fingerprint density at radius 1 is 0.714 bits per heavy atom. The molecule has 0 radical (unpaired) electrons. The highest BCUT2D eigenvalue weighted by Crippen LogP contribution is 2.51. The number of rotatable bonds is 1. The van der Waals surface area contributed by atoms with E-state index in [1.807, 2.05) is 11.3 Å². The maximum Gasteiger partial charge on any atom is 0.0541 e. The SMILES string of the molecule is CC1Cc2c(c3ccc(-n4c5ccccc5c5ccccc54)cc3n2C)-c2sc3ccccc3c21. The molecule has 3 aromatic heterocycles. The number of aromatic nitrogens is 2. The first kappa shape index (κ1) is 19.5. The predicted molar refractivity (Wildman–Crippen MR) is 150 cm³/mol. The predicted octanol–water partition coefficient (Wildman–Crippen LogP) is 8.82. The normalized spacial score (nSPS) is 15.3. The maximum absolute atomic E-state index is 2.45. The fourth-order valence-electron chi connectivity index (χ4n) is 6.44. The van der Waals surface area contributed by atoms with E-state index in [1.54, 1.807) is 0 Å². The molecule has 35 heavy (non-hydrogen) atoms. The topological polar surface area (TPSA) is 9.86 Å². The summed E-state index contributed by atoms with van der Waals surface area (Å²) in [6, 6.07) is 33.5. The highest BCUT2D eigenvalue weighted by atomic mass is 32.1. The van der Waals surface area contributed by atoms with Crippen molar-refractivity contribution in [3.05, 3.63) is 102 Å². The fourth-order valence-corrected chi connectivity index (χ4v) is 7.85. The molecule has 4 aromatic carbocycles. The van der Waals surface area contributed by atoms with Crippen molar-refractivity contribution in [2.75, 3.05) is 0 Å². The van der Waals surface area contributed by atoms with Crippen molar-refractivity contribution in [1.82, 2.24) is 9.13 Å². The van der Waals surface area contributed by atoms with Crippen LogP contribution in [0.3, 0.4) is 0 Å². The number of aryl methyl sites for hydroxylation is 1. The second kappa shape index (κ2) is 6.87. The Kier molecular flexibility index (Phi) is 3.82. The number of hydrogen-bond acceptors (Lipinski definition) is 1. The smallest absolute Gasteiger partial charge is 0.0541 e. The van der Waals surface area contributed by atoms with Crippen molar-refractivity contribution in [3.8, 4) is 16.1 Å². The highest BCUT2D eigenvalue weighted by Gasteiger charge is 2.30. The Hall–Kier alpha value is -3.82.